The van der Waals surface area contributed by atoms with Gasteiger partial charge < -0.3 is 5.32 Å². The third kappa shape index (κ3) is 3.45. The predicted molar refractivity (Wildman–Crippen MR) is 86.2 cm³/mol. The number of benzene rings is 2. The molecule has 0 saturated carbocycles. The Morgan fingerprint density at radius 2 is 1.91 bits per heavy atom. The third-order valence-electron chi connectivity index (χ3n) is 3.53. The molecule has 0 unspecified atom stereocenters. The van der Waals surface area contributed by atoms with E-state index in [-0.39, 0.29) is 11.7 Å². The zero-order valence-corrected chi connectivity index (χ0v) is 12.7. The van der Waals surface area contributed by atoms with Crippen LogP contribution in [0.3, 0.4) is 0 Å². The summed E-state index contributed by atoms with van der Waals surface area (Å²) in [5, 5.41) is 7.04. The molecule has 1 N–H and O–H groups in total. The Morgan fingerprint density at radius 3 is 2.65 bits per heavy atom. The minimum absolute atomic E-state index is 0.257. The summed E-state index contributed by atoms with van der Waals surface area (Å²) < 4.78 is 14.9. The predicted octanol–water partition coefficient (Wildman–Crippen LogP) is 3.16. The number of carbonyl (C=O) groups is 1. The van der Waals surface area contributed by atoms with Gasteiger partial charge in [0.2, 0.25) is 0 Å². The molecule has 0 spiro atoms. The van der Waals surface area contributed by atoms with Gasteiger partial charge in [0.1, 0.15) is 5.82 Å². The fourth-order valence-corrected chi connectivity index (χ4v) is 2.36. The van der Waals surface area contributed by atoms with Crippen molar-refractivity contribution in [1.82, 2.24) is 15.1 Å². The number of rotatable bonds is 4. The lowest BCUT2D eigenvalue weighted by Crippen LogP contribution is -2.23. The Morgan fingerprint density at radius 1 is 1.13 bits per heavy atom. The Hall–Kier alpha value is -2.95. The highest BCUT2D eigenvalue weighted by molar-refractivity contribution is 5.93. The number of hydrogen-bond donors (Lipinski definition) is 1. The number of nitrogens with zero attached hydrogens (tertiary/aromatic N) is 2. The number of carbonyl (C=O) groups excluding carboxylic acids is 1. The summed E-state index contributed by atoms with van der Waals surface area (Å²) in [7, 11) is 1.73. The molecule has 2 aromatic carbocycles. The number of halogens is 1. The van der Waals surface area contributed by atoms with Crippen molar-refractivity contribution in [3.8, 4) is 11.3 Å². The molecule has 23 heavy (non-hydrogen) atoms. The quantitative estimate of drug-likeness (QED) is 0.805. The van der Waals surface area contributed by atoms with Crippen molar-refractivity contribution in [2.75, 3.05) is 0 Å². The molecule has 0 aliphatic carbocycles. The molecule has 1 heterocycles. The minimum atomic E-state index is -0.321. The Labute approximate surface area is 133 Å². The molecule has 0 bridgehead atoms. The molecule has 116 valence electrons. The number of amides is 1. The number of hydrogen-bond acceptors (Lipinski definition) is 2. The summed E-state index contributed by atoms with van der Waals surface area (Å²) in [5.74, 6) is -0.578. The van der Waals surface area contributed by atoms with E-state index in [4.69, 9.17) is 0 Å². The molecule has 0 aliphatic rings. The second-order valence-corrected chi connectivity index (χ2v) is 5.22. The van der Waals surface area contributed by atoms with E-state index in [0.29, 0.717) is 23.5 Å². The lowest BCUT2D eigenvalue weighted by molar-refractivity contribution is 0.0945. The van der Waals surface area contributed by atoms with Gasteiger partial charge in [-0.25, -0.2) is 4.39 Å². The maximum absolute atomic E-state index is 13.3. The number of aromatic nitrogens is 2. The highest BCUT2D eigenvalue weighted by Gasteiger charge is 2.14. The van der Waals surface area contributed by atoms with E-state index >= 15 is 0 Å². The van der Waals surface area contributed by atoms with Crippen molar-refractivity contribution < 1.29 is 9.18 Å². The summed E-state index contributed by atoms with van der Waals surface area (Å²) in [6, 6.07) is 17.5. The van der Waals surface area contributed by atoms with Gasteiger partial charge in [-0.05, 0) is 23.8 Å². The third-order valence-corrected chi connectivity index (χ3v) is 3.53. The average molecular weight is 309 g/mol. The first-order chi connectivity index (χ1) is 11.1. The first-order valence-electron chi connectivity index (χ1n) is 7.25. The van der Waals surface area contributed by atoms with E-state index in [9.17, 15) is 9.18 Å². The second kappa shape index (κ2) is 6.44. The zero-order valence-electron chi connectivity index (χ0n) is 12.7. The van der Waals surface area contributed by atoms with Crippen LogP contribution in [-0.2, 0) is 13.6 Å². The van der Waals surface area contributed by atoms with Gasteiger partial charge in [0.15, 0.2) is 5.69 Å². The zero-order chi connectivity index (χ0) is 16.2. The van der Waals surface area contributed by atoms with Crippen LogP contribution < -0.4 is 5.32 Å². The summed E-state index contributed by atoms with van der Waals surface area (Å²) in [6.45, 7) is 0.436. The average Bonchev–Trinajstić information content (AvgIpc) is 2.95. The first kappa shape index (κ1) is 15.0. The van der Waals surface area contributed by atoms with Gasteiger partial charge in [-0.3, -0.25) is 9.48 Å². The van der Waals surface area contributed by atoms with Crippen molar-refractivity contribution in [2.45, 2.75) is 6.54 Å². The van der Waals surface area contributed by atoms with Crippen LogP contribution in [0.15, 0.2) is 60.7 Å². The van der Waals surface area contributed by atoms with Crippen molar-refractivity contribution >= 4 is 5.91 Å². The van der Waals surface area contributed by atoms with Crippen molar-refractivity contribution in [3.63, 3.8) is 0 Å². The van der Waals surface area contributed by atoms with Crippen LogP contribution in [0, 0.1) is 5.82 Å². The van der Waals surface area contributed by atoms with Gasteiger partial charge in [-0.2, -0.15) is 5.10 Å². The fraction of sp³-hybridized carbons (Fsp3) is 0.111. The molecule has 0 radical (unpaired) electrons. The largest absolute Gasteiger partial charge is 0.347 e. The SMILES string of the molecule is Cn1nc(C(=O)NCc2ccccc2)cc1-c1cccc(F)c1. The highest BCUT2D eigenvalue weighted by atomic mass is 19.1. The number of nitrogens with one attached hydrogen (secondary N) is 1. The molecule has 3 aromatic rings. The Kier molecular flexibility index (Phi) is 4.19. The van der Waals surface area contributed by atoms with Crippen molar-refractivity contribution in [1.29, 1.82) is 0 Å². The van der Waals surface area contributed by atoms with Crippen LogP contribution in [0.5, 0.6) is 0 Å². The Bertz CT molecular complexity index is 827. The van der Waals surface area contributed by atoms with Crippen LogP contribution in [-0.4, -0.2) is 15.7 Å². The number of aryl methyl sites for hydroxylation is 1. The Balaban J connectivity index is 1.76. The molecular weight excluding hydrogens is 293 g/mol. The fourth-order valence-electron chi connectivity index (χ4n) is 2.36. The smallest absolute Gasteiger partial charge is 0.272 e. The van der Waals surface area contributed by atoms with E-state index in [1.165, 1.54) is 12.1 Å². The monoisotopic (exact) mass is 309 g/mol. The van der Waals surface area contributed by atoms with E-state index in [1.807, 2.05) is 30.3 Å². The topological polar surface area (TPSA) is 46.9 Å². The summed E-state index contributed by atoms with van der Waals surface area (Å²) in [6.07, 6.45) is 0. The van der Waals surface area contributed by atoms with Crippen LogP contribution in [0.2, 0.25) is 0 Å². The van der Waals surface area contributed by atoms with Gasteiger partial charge >= 0.3 is 0 Å². The standard InChI is InChI=1S/C18H16FN3O/c1-22-17(14-8-5-9-15(19)10-14)11-16(21-22)18(23)20-12-13-6-3-2-4-7-13/h2-11H,12H2,1H3,(H,20,23). The van der Waals surface area contributed by atoms with Crippen molar-refractivity contribution in [2.24, 2.45) is 7.05 Å². The summed E-state index contributed by atoms with van der Waals surface area (Å²) in [4.78, 5) is 12.2. The van der Waals surface area contributed by atoms with Crippen LogP contribution in [0.1, 0.15) is 16.1 Å². The molecule has 0 aliphatic heterocycles. The van der Waals surface area contributed by atoms with Crippen LogP contribution >= 0.6 is 0 Å². The summed E-state index contributed by atoms with van der Waals surface area (Å²) >= 11 is 0. The van der Waals surface area contributed by atoms with Gasteiger partial charge in [0.25, 0.3) is 5.91 Å². The van der Waals surface area contributed by atoms with Crippen LogP contribution in [0.4, 0.5) is 4.39 Å². The molecule has 3 rings (SSSR count). The van der Waals surface area contributed by atoms with Gasteiger partial charge in [-0.15, -0.1) is 0 Å². The molecule has 0 atom stereocenters. The molecular formula is C18H16FN3O. The van der Waals surface area contributed by atoms with Crippen molar-refractivity contribution in [3.05, 3.63) is 77.7 Å². The highest BCUT2D eigenvalue weighted by Crippen LogP contribution is 2.20. The molecule has 0 fully saturated rings. The lowest BCUT2D eigenvalue weighted by Gasteiger charge is -2.02. The minimum Gasteiger partial charge on any atom is -0.347 e. The van der Waals surface area contributed by atoms with E-state index in [0.717, 1.165) is 5.56 Å². The molecule has 0 saturated heterocycles. The maximum Gasteiger partial charge on any atom is 0.272 e. The van der Waals surface area contributed by atoms with Crippen LogP contribution in [0.25, 0.3) is 11.3 Å². The summed E-state index contributed by atoms with van der Waals surface area (Å²) in [5.41, 5.74) is 2.70. The van der Waals surface area contributed by atoms with Gasteiger partial charge in [0.05, 0.1) is 5.69 Å². The van der Waals surface area contributed by atoms with E-state index in [2.05, 4.69) is 10.4 Å². The first-order valence-corrected chi connectivity index (χ1v) is 7.25. The normalized spacial score (nSPS) is 10.5. The van der Waals surface area contributed by atoms with Gasteiger partial charge in [0, 0.05) is 19.2 Å². The molecule has 5 heteroatoms. The van der Waals surface area contributed by atoms with Gasteiger partial charge in [-0.1, -0.05) is 42.5 Å². The lowest BCUT2D eigenvalue weighted by atomic mass is 10.1. The molecule has 1 aromatic heterocycles. The molecule has 1 amide bonds. The maximum atomic E-state index is 13.3. The molecule has 4 nitrogen and oxygen atoms in total. The second-order valence-electron chi connectivity index (χ2n) is 5.22. The van der Waals surface area contributed by atoms with E-state index in [1.54, 1.807) is 29.9 Å². The van der Waals surface area contributed by atoms with E-state index < -0.39 is 0 Å².